The van der Waals surface area contributed by atoms with Crippen molar-refractivity contribution in [1.29, 1.82) is 0 Å². The van der Waals surface area contributed by atoms with Gasteiger partial charge in [-0.05, 0) is 30.5 Å². The standard InChI is InChI=1S/C17H20N2O/c1-2-3-9-13-14(18)10-11-15(19)16(13)17(20)12-7-5-4-6-8-12/h4-8,10-11H,2-3,9,18-19H2,1H3. The summed E-state index contributed by atoms with van der Waals surface area (Å²) in [6.07, 6.45) is 2.82. The van der Waals surface area contributed by atoms with Crippen molar-refractivity contribution in [1.82, 2.24) is 0 Å². The van der Waals surface area contributed by atoms with Gasteiger partial charge in [-0.15, -0.1) is 0 Å². The Bertz CT molecular complexity index is 606. The first-order chi connectivity index (χ1) is 9.65. The molecule has 0 unspecified atom stereocenters. The quantitative estimate of drug-likeness (QED) is 0.645. The second-order valence-electron chi connectivity index (χ2n) is 4.90. The average molecular weight is 268 g/mol. The minimum absolute atomic E-state index is 0.0542. The molecule has 0 aromatic heterocycles. The Balaban J connectivity index is 2.49. The summed E-state index contributed by atoms with van der Waals surface area (Å²) in [7, 11) is 0. The maximum absolute atomic E-state index is 12.7. The summed E-state index contributed by atoms with van der Waals surface area (Å²) in [5.41, 5.74) is 15.3. The second kappa shape index (κ2) is 6.24. The Labute approximate surface area is 119 Å². The monoisotopic (exact) mass is 268 g/mol. The first-order valence-corrected chi connectivity index (χ1v) is 6.91. The highest BCUT2D eigenvalue weighted by Crippen LogP contribution is 2.27. The molecule has 0 saturated carbocycles. The van der Waals surface area contributed by atoms with Gasteiger partial charge < -0.3 is 11.5 Å². The van der Waals surface area contributed by atoms with E-state index in [0.29, 0.717) is 22.5 Å². The largest absolute Gasteiger partial charge is 0.398 e. The van der Waals surface area contributed by atoms with Gasteiger partial charge in [-0.2, -0.15) is 0 Å². The van der Waals surface area contributed by atoms with Crippen LogP contribution >= 0.6 is 0 Å². The van der Waals surface area contributed by atoms with E-state index >= 15 is 0 Å². The molecule has 104 valence electrons. The van der Waals surface area contributed by atoms with Crippen LogP contribution in [-0.4, -0.2) is 5.78 Å². The highest BCUT2D eigenvalue weighted by molar-refractivity contribution is 6.13. The lowest BCUT2D eigenvalue weighted by molar-refractivity contribution is 0.103. The van der Waals surface area contributed by atoms with E-state index in [-0.39, 0.29) is 5.78 Å². The highest BCUT2D eigenvalue weighted by atomic mass is 16.1. The molecule has 0 amide bonds. The number of hydrogen-bond acceptors (Lipinski definition) is 3. The Kier molecular flexibility index (Phi) is 4.41. The van der Waals surface area contributed by atoms with Crippen molar-refractivity contribution in [3.05, 3.63) is 59.2 Å². The van der Waals surface area contributed by atoms with Crippen LogP contribution in [0.1, 0.15) is 41.3 Å². The number of benzene rings is 2. The maximum Gasteiger partial charge on any atom is 0.195 e. The summed E-state index contributed by atoms with van der Waals surface area (Å²) in [5, 5.41) is 0. The van der Waals surface area contributed by atoms with Crippen LogP contribution in [0.2, 0.25) is 0 Å². The molecule has 0 atom stereocenters. The SMILES string of the molecule is CCCCc1c(N)ccc(N)c1C(=O)c1ccccc1. The molecule has 0 aliphatic rings. The molecule has 0 aliphatic carbocycles. The van der Waals surface area contributed by atoms with E-state index in [1.54, 1.807) is 24.3 Å². The molecule has 0 radical (unpaired) electrons. The van der Waals surface area contributed by atoms with Gasteiger partial charge in [0.1, 0.15) is 0 Å². The van der Waals surface area contributed by atoms with Gasteiger partial charge in [0, 0.05) is 16.9 Å². The predicted molar refractivity (Wildman–Crippen MR) is 83.8 cm³/mol. The van der Waals surface area contributed by atoms with Crippen LogP contribution in [0.5, 0.6) is 0 Å². The van der Waals surface area contributed by atoms with Gasteiger partial charge in [0.25, 0.3) is 0 Å². The Morgan fingerprint density at radius 3 is 2.30 bits per heavy atom. The third-order valence-corrected chi connectivity index (χ3v) is 3.42. The van der Waals surface area contributed by atoms with Crippen LogP contribution in [0.4, 0.5) is 11.4 Å². The minimum atomic E-state index is -0.0542. The lowest BCUT2D eigenvalue weighted by atomic mass is 9.92. The molecule has 0 bridgehead atoms. The van der Waals surface area contributed by atoms with Crippen molar-refractivity contribution < 1.29 is 4.79 Å². The normalized spacial score (nSPS) is 10.4. The zero-order chi connectivity index (χ0) is 14.5. The van der Waals surface area contributed by atoms with Crippen LogP contribution in [0.15, 0.2) is 42.5 Å². The number of nitrogens with two attached hydrogens (primary N) is 2. The third kappa shape index (κ3) is 2.82. The fraction of sp³-hybridized carbons (Fsp3) is 0.235. The summed E-state index contributed by atoms with van der Waals surface area (Å²) in [4.78, 5) is 12.7. The first kappa shape index (κ1) is 14.1. The molecule has 0 spiro atoms. The van der Waals surface area contributed by atoms with Gasteiger partial charge in [0.15, 0.2) is 5.78 Å². The smallest absolute Gasteiger partial charge is 0.195 e. The fourth-order valence-electron chi connectivity index (χ4n) is 2.31. The van der Waals surface area contributed by atoms with Crippen LogP contribution < -0.4 is 11.5 Å². The Morgan fingerprint density at radius 2 is 1.65 bits per heavy atom. The van der Waals surface area contributed by atoms with Crippen LogP contribution in [0, 0.1) is 0 Å². The van der Waals surface area contributed by atoms with E-state index in [4.69, 9.17) is 11.5 Å². The van der Waals surface area contributed by atoms with Gasteiger partial charge in [-0.1, -0.05) is 43.7 Å². The molecule has 20 heavy (non-hydrogen) atoms. The van der Waals surface area contributed by atoms with Crippen molar-refractivity contribution in [2.24, 2.45) is 0 Å². The number of carbonyl (C=O) groups excluding carboxylic acids is 1. The average Bonchev–Trinajstić information content (AvgIpc) is 2.48. The molecule has 0 heterocycles. The summed E-state index contributed by atoms with van der Waals surface area (Å²) < 4.78 is 0. The number of hydrogen-bond donors (Lipinski definition) is 2. The summed E-state index contributed by atoms with van der Waals surface area (Å²) >= 11 is 0. The summed E-state index contributed by atoms with van der Waals surface area (Å²) in [5.74, 6) is -0.0542. The summed E-state index contributed by atoms with van der Waals surface area (Å²) in [6, 6.07) is 12.7. The van der Waals surface area contributed by atoms with Gasteiger partial charge in [-0.25, -0.2) is 0 Å². The fourth-order valence-corrected chi connectivity index (χ4v) is 2.31. The Morgan fingerprint density at radius 1 is 1.00 bits per heavy atom. The summed E-state index contributed by atoms with van der Waals surface area (Å²) in [6.45, 7) is 2.11. The lowest BCUT2D eigenvalue weighted by Gasteiger charge is -2.14. The molecular formula is C17H20N2O. The molecule has 0 saturated heterocycles. The van der Waals surface area contributed by atoms with Gasteiger partial charge in [-0.3, -0.25) is 4.79 Å². The molecule has 0 aliphatic heterocycles. The predicted octanol–water partition coefficient (Wildman–Crippen LogP) is 3.42. The number of anilines is 2. The van der Waals surface area contributed by atoms with E-state index < -0.39 is 0 Å². The van der Waals surface area contributed by atoms with Gasteiger partial charge in [0.2, 0.25) is 0 Å². The van der Waals surface area contributed by atoms with Crippen LogP contribution in [0.25, 0.3) is 0 Å². The van der Waals surface area contributed by atoms with Crippen LogP contribution in [0.3, 0.4) is 0 Å². The number of rotatable bonds is 5. The maximum atomic E-state index is 12.7. The zero-order valence-electron chi connectivity index (χ0n) is 11.7. The molecule has 2 rings (SSSR count). The number of ketones is 1. The highest BCUT2D eigenvalue weighted by Gasteiger charge is 2.18. The topological polar surface area (TPSA) is 69.1 Å². The molecular weight excluding hydrogens is 248 g/mol. The molecule has 0 fully saturated rings. The van der Waals surface area contributed by atoms with Crippen LogP contribution in [-0.2, 0) is 6.42 Å². The third-order valence-electron chi connectivity index (χ3n) is 3.42. The molecule has 4 N–H and O–H groups in total. The first-order valence-electron chi connectivity index (χ1n) is 6.91. The van der Waals surface area contributed by atoms with E-state index in [1.165, 1.54) is 0 Å². The van der Waals surface area contributed by atoms with Gasteiger partial charge in [0.05, 0.1) is 5.56 Å². The number of unbranched alkanes of at least 4 members (excludes halogenated alkanes) is 1. The van der Waals surface area contributed by atoms with E-state index in [0.717, 1.165) is 24.8 Å². The van der Waals surface area contributed by atoms with Crippen molar-refractivity contribution in [3.63, 3.8) is 0 Å². The van der Waals surface area contributed by atoms with E-state index in [2.05, 4.69) is 6.92 Å². The number of carbonyl (C=O) groups is 1. The molecule has 3 heteroatoms. The van der Waals surface area contributed by atoms with Crippen molar-refractivity contribution in [2.45, 2.75) is 26.2 Å². The molecule has 2 aromatic carbocycles. The van der Waals surface area contributed by atoms with Crippen molar-refractivity contribution in [3.8, 4) is 0 Å². The van der Waals surface area contributed by atoms with Crippen molar-refractivity contribution >= 4 is 17.2 Å². The second-order valence-corrected chi connectivity index (χ2v) is 4.90. The number of nitrogen functional groups attached to an aromatic ring is 2. The van der Waals surface area contributed by atoms with Crippen molar-refractivity contribution in [2.75, 3.05) is 11.5 Å². The lowest BCUT2D eigenvalue weighted by Crippen LogP contribution is -2.11. The molecule has 2 aromatic rings. The minimum Gasteiger partial charge on any atom is -0.398 e. The Hall–Kier alpha value is -2.29. The van der Waals surface area contributed by atoms with E-state index in [1.807, 2.05) is 18.2 Å². The van der Waals surface area contributed by atoms with E-state index in [9.17, 15) is 4.79 Å². The zero-order valence-corrected chi connectivity index (χ0v) is 11.7. The molecule has 3 nitrogen and oxygen atoms in total. The van der Waals surface area contributed by atoms with Gasteiger partial charge >= 0.3 is 0 Å².